The van der Waals surface area contributed by atoms with Crippen LogP contribution in [0.4, 0.5) is 16.2 Å². The lowest BCUT2D eigenvalue weighted by atomic mass is 9.98. The van der Waals surface area contributed by atoms with Crippen LogP contribution in [0.1, 0.15) is 34.3 Å². The number of nitrogen functional groups attached to an aromatic ring is 1. The van der Waals surface area contributed by atoms with E-state index in [1.807, 2.05) is 0 Å². The average Bonchev–Trinajstić information content (AvgIpc) is 2.64. The van der Waals surface area contributed by atoms with E-state index in [0.29, 0.717) is 5.95 Å². The van der Waals surface area contributed by atoms with E-state index in [1.165, 1.54) is 32.4 Å². The molecule has 0 unspecified atom stereocenters. The quantitative estimate of drug-likeness (QED) is 0.701. The van der Waals surface area contributed by atoms with Crippen molar-refractivity contribution in [2.45, 2.75) is 25.8 Å². The smallest absolute Gasteiger partial charge is 0.224 e. The molecule has 8 heteroatoms. The van der Waals surface area contributed by atoms with Crippen molar-refractivity contribution in [2.75, 3.05) is 31.2 Å². The Balaban J connectivity index is 1.88. The van der Waals surface area contributed by atoms with Crippen LogP contribution in [0, 0.1) is 12.7 Å². The molecule has 2 heterocycles. The van der Waals surface area contributed by atoms with E-state index in [9.17, 15) is 9.18 Å². The molecule has 7 nitrogen and oxygen atoms in total. The summed E-state index contributed by atoms with van der Waals surface area (Å²) in [5.74, 6) is -0.242. The Bertz CT molecular complexity index is 821. The minimum absolute atomic E-state index is 0.0483. The number of nitrogens with zero attached hydrogens (tertiary/aromatic N) is 2. The molecule has 138 valence electrons. The molecule has 0 saturated carbocycles. The molecule has 0 aliphatic carbocycles. The zero-order valence-electron chi connectivity index (χ0n) is 14.8. The number of carbonyl (C=O) groups excluding carboxylic acids is 1. The van der Waals surface area contributed by atoms with Crippen LogP contribution in [0.2, 0.25) is 0 Å². The van der Waals surface area contributed by atoms with Gasteiger partial charge in [0, 0.05) is 12.2 Å². The van der Waals surface area contributed by atoms with Crippen LogP contribution in [0.15, 0.2) is 18.3 Å². The number of nitrogens with two attached hydrogens (primary N) is 1. The number of rotatable bonds is 5. The zero-order chi connectivity index (χ0) is 18.7. The largest absolute Gasteiger partial charge is 0.496 e. The van der Waals surface area contributed by atoms with Gasteiger partial charge in [0.05, 0.1) is 18.2 Å². The summed E-state index contributed by atoms with van der Waals surface area (Å²) in [4.78, 5) is 21.3. The van der Waals surface area contributed by atoms with Gasteiger partial charge in [-0.1, -0.05) is 0 Å². The second-order valence-corrected chi connectivity index (χ2v) is 6.24. The molecule has 0 bridgehead atoms. The van der Waals surface area contributed by atoms with Gasteiger partial charge >= 0.3 is 0 Å². The standard InChI is InChI=1S/C18H22FN5O2/c1-10-13(19)3-4-14(26-2)15(10)16(25)12-9-22-18(24-17(12)20)23-11-5-7-21-8-6-11/h3-4,9,11,21H,5-8H2,1-2H3,(H3,20,22,23,24). The molecule has 2 aromatic rings. The molecule has 0 spiro atoms. The molecule has 26 heavy (non-hydrogen) atoms. The van der Waals surface area contributed by atoms with Gasteiger partial charge in [-0.25, -0.2) is 9.37 Å². The summed E-state index contributed by atoms with van der Waals surface area (Å²) in [5, 5.41) is 6.51. The van der Waals surface area contributed by atoms with Crippen LogP contribution < -0.4 is 21.1 Å². The third kappa shape index (κ3) is 3.60. The van der Waals surface area contributed by atoms with Crippen LogP contribution in [-0.4, -0.2) is 42.0 Å². The number of ether oxygens (including phenoxy) is 1. The lowest BCUT2D eigenvalue weighted by Crippen LogP contribution is -2.35. The molecular weight excluding hydrogens is 337 g/mol. The minimum atomic E-state index is -0.488. The third-order valence-corrected chi connectivity index (χ3v) is 4.54. The fraction of sp³-hybridized carbons (Fsp3) is 0.389. The van der Waals surface area contributed by atoms with Crippen LogP contribution >= 0.6 is 0 Å². The van der Waals surface area contributed by atoms with Crippen LogP contribution in [0.25, 0.3) is 0 Å². The average molecular weight is 359 g/mol. The number of hydrogen-bond acceptors (Lipinski definition) is 7. The second kappa shape index (κ2) is 7.65. The number of nitrogens with one attached hydrogen (secondary N) is 2. The molecule has 1 aromatic carbocycles. The third-order valence-electron chi connectivity index (χ3n) is 4.54. The Kier molecular flexibility index (Phi) is 5.32. The predicted octanol–water partition coefficient (Wildman–Crippen LogP) is 1.91. The van der Waals surface area contributed by atoms with Gasteiger partial charge in [0.15, 0.2) is 0 Å². The highest BCUT2D eigenvalue weighted by atomic mass is 19.1. The van der Waals surface area contributed by atoms with Crippen molar-refractivity contribution in [1.82, 2.24) is 15.3 Å². The van der Waals surface area contributed by atoms with Gasteiger partial charge in [0.1, 0.15) is 17.4 Å². The van der Waals surface area contributed by atoms with Gasteiger partial charge in [-0.15, -0.1) is 0 Å². The molecule has 1 fully saturated rings. The first kappa shape index (κ1) is 18.1. The van der Waals surface area contributed by atoms with E-state index in [4.69, 9.17) is 10.5 Å². The van der Waals surface area contributed by atoms with Crippen molar-refractivity contribution in [1.29, 1.82) is 0 Å². The predicted molar refractivity (Wildman–Crippen MR) is 97.1 cm³/mol. The number of methoxy groups -OCH3 is 1. The summed E-state index contributed by atoms with van der Waals surface area (Å²) in [6, 6.07) is 2.94. The van der Waals surface area contributed by atoms with Crippen molar-refractivity contribution < 1.29 is 13.9 Å². The number of anilines is 2. The number of aromatic nitrogens is 2. The van der Waals surface area contributed by atoms with E-state index in [0.717, 1.165) is 25.9 Å². The van der Waals surface area contributed by atoms with Gasteiger partial charge in [0.25, 0.3) is 0 Å². The lowest BCUT2D eigenvalue weighted by molar-refractivity contribution is 0.103. The monoisotopic (exact) mass is 359 g/mol. The van der Waals surface area contributed by atoms with Crippen molar-refractivity contribution in [3.63, 3.8) is 0 Å². The van der Waals surface area contributed by atoms with E-state index in [-0.39, 0.29) is 34.3 Å². The summed E-state index contributed by atoms with van der Waals surface area (Å²) < 4.78 is 19.1. The number of carbonyl (C=O) groups is 1. The summed E-state index contributed by atoms with van der Waals surface area (Å²) >= 11 is 0. The van der Waals surface area contributed by atoms with E-state index in [2.05, 4.69) is 20.6 Å². The fourth-order valence-electron chi connectivity index (χ4n) is 3.04. The van der Waals surface area contributed by atoms with E-state index < -0.39 is 11.6 Å². The highest BCUT2D eigenvalue weighted by molar-refractivity contribution is 6.13. The number of piperidine rings is 1. The minimum Gasteiger partial charge on any atom is -0.496 e. The van der Waals surface area contributed by atoms with Crippen molar-refractivity contribution in [3.05, 3.63) is 40.8 Å². The Morgan fingerprint density at radius 3 is 2.77 bits per heavy atom. The summed E-state index contributed by atoms with van der Waals surface area (Å²) in [6.07, 6.45) is 3.30. The summed E-state index contributed by atoms with van der Waals surface area (Å²) in [7, 11) is 1.43. The van der Waals surface area contributed by atoms with Crippen molar-refractivity contribution in [2.24, 2.45) is 0 Å². The molecule has 1 aliphatic heterocycles. The number of ketones is 1. The van der Waals surface area contributed by atoms with Crippen molar-refractivity contribution >= 4 is 17.5 Å². The second-order valence-electron chi connectivity index (χ2n) is 6.24. The SMILES string of the molecule is COc1ccc(F)c(C)c1C(=O)c1cnc(NC2CCNCC2)nc1N. The highest BCUT2D eigenvalue weighted by Gasteiger charge is 2.23. The van der Waals surface area contributed by atoms with Gasteiger partial charge < -0.3 is 21.1 Å². The fourth-order valence-corrected chi connectivity index (χ4v) is 3.04. The topological polar surface area (TPSA) is 102 Å². The van der Waals surface area contributed by atoms with E-state index in [1.54, 1.807) is 0 Å². The van der Waals surface area contributed by atoms with Crippen LogP contribution in [0.5, 0.6) is 5.75 Å². The molecule has 3 rings (SSSR count). The van der Waals surface area contributed by atoms with Gasteiger partial charge in [-0.3, -0.25) is 4.79 Å². The first-order chi connectivity index (χ1) is 12.5. The highest BCUT2D eigenvalue weighted by Crippen LogP contribution is 2.28. The molecular formula is C18H22FN5O2. The number of hydrogen-bond donors (Lipinski definition) is 3. The maximum absolute atomic E-state index is 13.9. The molecule has 0 radical (unpaired) electrons. The van der Waals surface area contributed by atoms with Crippen molar-refractivity contribution in [3.8, 4) is 5.75 Å². The van der Waals surface area contributed by atoms with Gasteiger partial charge in [-0.2, -0.15) is 4.98 Å². The summed E-state index contributed by atoms with van der Waals surface area (Å²) in [6.45, 7) is 3.39. The number of halogens is 1. The van der Waals surface area contributed by atoms with Crippen LogP contribution in [-0.2, 0) is 0 Å². The first-order valence-electron chi connectivity index (χ1n) is 8.48. The maximum Gasteiger partial charge on any atom is 0.224 e. The van der Waals surface area contributed by atoms with Crippen LogP contribution in [0.3, 0.4) is 0 Å². The zero-order valence-corrected chi connectivity index (χ0v) is 14.8. The molecule has 0 atom stereocenters. The Labute approximate surface area is 151 Å². The molecule has 0 amide bonds. The normalized spacial score (nSPS) is 14.9. The first-order valence-corrected chi connectivity index (χ1v) is 8.48. The Morgan fingerprint density at radius 1 is 1.38 bits per heavy atom. The van der Waals surface area contributed by atoms with Gasteiger partial charge in [0.2, 0.25) is 11.7 Å². The Hall–Kier alpha value is -2.74. The van der Waals surface area contributed by atoms with Gasteiger partial charge in [-0.05, 0) is 50.6 Å². The van der Waals surface area contributed by atoms with E-state index >= 15 is 0 Å². The Morgan fingerprint density at radius 2 is 2.12 bits per heavy atom. The summed E-state index contributed by atoms with van der Waals surface area (Å²) in [5.41, 5.74) is 6.43. The molecule has 1 aromatic heterocycles. The molecule has 1 aliphatic rings. The lowest BCUT2D eigenvalue weighted by Gasteiger charge is -2.23. The number of benzene rings is 1. The maximum atomic E-state index is 13.9. The molecule has 4 N–H and O–H groups in total. The molecule has 1 saturated heterocycles.